The molecule has 3 N–H and O–H groups in total. The normalized spacial score (nSPS) is 15.4. The van der Waals surface area contributed by atoms with E-state index in [0.717, 1.165) is 55.5 Å². The molecule has 0 aromatic heterocycles. The third-order valence-electron chi connectivity index (χ3n) is 10.7. The van der Waals surface area contributed by atoms with Crippen molar-refractivity contribution in [3.05, 3.63) is 194 Å². The number of para-hydroxylation sites is 4. The highest BCUT2D eigenvalue weighted by Gasteiger charge is 2.36. The summed E-state index contributed by atoms with van der Waals surface area (Å²) in [6.45, 7) is 1.35. The Morgan fingerprint density at radius 3 is 1.27 bits per heavy atom. The molecule has 0 amide bonds. The maximum atomic E-state index is 11.1. The summed E-state index contributed by atoms with van der Waals surface area (Å²) in [5.74, 6) is 2.55. The van der Waals surface area contributed by atoms with Crippen molar-refractivity contribution in [3.63, 3.8) is 0 Å². The van der Waals surface area contributed by atoms with E-state index in [0.29, 0.717) is 18.8 Å². The molecule has 0 fully saturated rings. The lowest BCUT2D eigenvalue weighted by Gasteiger charge is -2.39. The minimum absolute atomic E-state index is 0.224. The molecule has 2 aliphatic heterocycles. The zero-order valence-corrected chi connectivity index (χ0v) is 36.2. The van der Waals surface area contributed by atoms with Gasteiger partial charge in [-0.25, -0.2) is 8.88 Å². The van der Waals surface area contributed by atoms with Crippen LogP contribution in [0.2, 0.25) is 0 Å². The average Bonchev–Trinajstić information content (AvgIpc) is 3.30. The standard InChI is InChI=1S/C50H40N2O4P4/c53-43-25-9-1-17-35(43)39-21-5-13-29-47(39)57-51(59-49-31-15-7-23-41(49)37-19-3-11-27-45(37)55-59)33-34-52(58-48-30-14-6-22-40(48)36-18-2-10-26-44(36)54)60-50-32-16-8-24-42(50)38-20-4-12-28-46(38)56-60/h1-32,53-54,57-58H,33-34H2/p+1. The van der Waals surface area contributed by atoms with Crippen LogP contribution >= 0.6 is 34.1 Å². The van der Waals surface area contributed by atoms with Crippen LogP contribution in [0.5, 0.6) is 23.0 Å². The van der Waals surface area contributed by atoms with E-state index in [9.17, 15) is 5.11 Å². The third-order valence-corrected chi connectivity index (χ3v) is 18.3. The average molecular weight is 858 g/mol. The van der Waals surface area contributed by atoms with Gasteiger partial charge in [-0.2, -0.15) is 0 Å². The van der Waals surface area contributed by atoms with Gasteiger partial charge in [0.05, 0.1) is 5.56 Å². The zero-order chi connectivity index (χ0) is 40.4. The minimum Gasteiger partial charge on any atom is -0.593 e. The number of fused-ring (bicyclic) bond motifs is 6. The van der Waals surface area contributed by atoms with Crippen LogP contribution in [0.25, 0.3) is 44.5 Å². The number of phenolic OH excluding ortho intramolecular Hbond substituents is 1. The van der Waals surface area contributed by atoms with Crippen molar-refractivity contribution in [2.24, 2.45) is 0 Å². The monoisotopic (exact) mass is 857 g/mol. The summed E-state index contributed by atoms with van der Waals surface area (Å²) < 4.78 is 19.4. The summed E-state index contributed by atoms with van der Waals surface area (Å²) in [4.78, 5) is 0. The Morgan fingerprint density at radius 2 is 0.767 bits per heavy atom. The molecule has 8 aromatic carbocycles. The van der Waals surface area contributed by atoms with Crippen LogP contribution < -0.4 is 30.3 Å². The largest absolute Gasteiger partial charge is 0.593 e. The van der Waals surface area contributed by atoms with Gasteiger partial charge in [-0.05, 0) is 86.7 Å². The van der Waals surface area contributed by atoms with Crippen molar-refractivity contribution in [2.75, 3.05) is 13.1 Å². The van der Waals surface area contributed by atoms with Crippen LogP contribution in [-0.4, -0.2) is 32.2 Å². The smallest absolute Gasteiger partial charge is 0.261 e. The van der Waals surface area contributed by atoms with Gasteiger partial charge in [-0.1, -0.05) is 152 Å². The maximum Gasteiger partial charge on any atom is 0.261 e. The quantitative estimate of drug-likeness (QED) is 0.104. The second kappa shape index (κ2) is 17.3. The van der Waals surface area contributed by atoms with Crippen LogP contribution in [0.4, 0.5) is 0 Å². The van der Waals surface area contributed by atoms with E-state index >= 15 is 0 Å². The van der Waals surface area contributed by atoms with E-state index in [4.69, 9.17) is 14.2 Å². The van der Waals surface area contributed by atoms with Crippen molar-refractivity contribution in [1.82, 2.24) is 8.88 Å². The molecule has 294 valence electrons. The first-order valence-corrected chi connectivity index (χ1v) is 24.1. The number of hydrogen-bond acceptors (Lipinski definition) is 5. The van der Waals surface area contributed by atoms with Gasteiger partial charge in [0.1, 0.15) is 17.2 Å². The van der Waals surface area contributed by atoms with Gasteiger partial charge in [0, 0.05) is 46.5 Å². The molecule has 4 atom stereocenters. The molecular formula is C50H41N2O4P4+. The Kier molecular flexibility index (Phi) is 11.2. The molecule has 4 unspecified atom stereocenters. The van der Waals surface area contributed by atoms with E-state index in [1.165, 1.54) is 21.7 Å². The second-order valence-corrected chi connectivity index (χ2v) is 21.1. The molecule has 60 heavy (non-hydrogen) atoms. The summed E-state index contributed by atoms with van der Waals surface area (Å²) >= 11 is 0. The predicted octanol–water partition coefficient (Wildman–Crippen LogP) is 11.3. The fourth-order valence-corrected chi connectivity index (χ4v) is 15.5. The Balaban J connectivity index is 1.08. The maximum absolute atomic E-state index is 11.1. The number of hydrogen-bond donors (Lipinski definition) is 1. The van der Waals surface area contributed by atoms with Gasteiger partial charge in [0.2, 0.25) is 16.6 Å². The first kappa shape index (κ1) is 38.8. The van der Waals surface area contributed by atoms with Gasteiger partial charge in [0.15, 0.2) is 0 Å². The van der Waals surface area contributed by atoms with Gasteiger partial charge in [-0.15, -0.1) is 0 Å². The van der Waals surface area contributed by atoms with Crippen LogP contribution in [-0.2, 0) is 0 Å². The lowest BCUT2D eigenvalue weighted by atomic mass is 10.0. The molecule has 0 aliphatic carbocycles. The summed E-state index contributed by atoms with van der Waals surface area (Å²) in [6.07, 6.45) is 0. The molecule has 0 saturated carbocycles. The molecular weight excluding hydrogens is 816 g/mol. The molecule has 8 aromatic rings. The van der Waals surface area contributed by atoms with E-state index in [2.05, 4.69) is 142 Å². The molecule has 10 rings (SSSR count). The molecule has 2 heterocycles. The van der Waals surface area contributed by atoms with Crippen molar-refractivity contribution in [1.29, 1.82) is 0 Å². The predicted molar refractivity (Wildman–Crippen MR) is 256 cm³/mol. The van der Waals surface area contributed by atoms with Crippen molar-refractivity contribution < 1.29 is 19.3 Å². The fraction of sp³-hybridized carbons (Fsp3) is 0.0400. The lowest BCUT2D eigenvalue weighted by molar-refractivity contribution is 0.477. The van der Waals surface area contributed by atoms with Crippen LogP contribution in [0.3, 0.4) is 0 Å². The highest BCUT2D eigenvalue weighted by Crippen LogP contribution is 2.58. The fourth-order valence-electron chi connectivity index (χ4n) is 7.82. The van der Waals surface area contributed by atoms with Crippen LogP contribution in [0, 0.1) is 0 Å². The first-order valence-electron chi connectivity index (χ1n) is 19.8. The zero-order valence-electron chi connectivity index (χ0n) is 32.4. The van der Waals surface area contributed by atoms with Crippen LogP contribution in [0.15, 0.2) is 194 Å². The Morgan fingerprint density at radius 1 is 0.400 bits per heavy atom. The van der Waals surface area contributed by atoms with Crippen molar-refractivity contribution in [2.45, 2.75) is 0 Å². The van der Waals surface area contributed by atoms with Gasteiger partial charge < -0.3 is 19.3 Å². The SMILES string of the molecule is Oc1ccccc1-c1ccccc1PN(CCN(Pc1ccccc1-c1ccccc1[OH2+])P1Oc2ccccc2-c2ccccc21)P1Oc2ccccc2-c2ccccc21. The number of rotatable bonds is 11. The minimum atomic E-state index is -1.30. The summed E-state index contributed by atoms with van der Waals surface area (Å²) in [5.41, 5.74) is 8.41. The molecule has 0 saturated heterocycles. The first-order chi connectivity index (χ1) is 29.6. The Bertz CT molecular complexity index is 2650. The van der Waals surface area contributed by atoms with Gasteiger partial charge in [0.25, 0.3) is 5.75 Å². The molecule has 0 spiro atoms. The molecule has 10 heteroatoms. The van der Waals surface area contributed by atoms with Gasteiger partial charge >= 0.3 is 0 Å². The molecule has 6 nitrogen and oxygen atoms in total. The lowest BCUT2D eigenvalue weighted by Crippen LogP contribution is -2.32. The van der Waals surface area contributed by atoms with E-state index in [-0.39, 0.29) is 23.2 Å². The summed E-state index contributed by atoms with van der Waals surface area (Å²) in [5, 5.41) is 24.6. The van der Waals surface area contributed by atoms with Gasteiger partial charge in [-0.3, -0.25) is 0 Å². The number of phenols is 1. The second-order valence-electron chi connectivity index (χ2n) is 14.4. The topological polar surface area (TPSA) is 68.1 Å². The van der Waals surface area contributed by atoms with E-state index in [1.54, 1.807) is 6.07 Å². The van der Waals surface area contributed by atoms with E-state index in [1.807, 2.05) is 54.6 Å². The third kappa shape index (κ3) is 7.62. The highest BCUT2D eigenvalue weighted by molar-refractivity contribution is 7.69. The number of aromatic hydroxyl groups is 1. The van der Waals surface area contributed by atoms with E-state index < -0.39 is 16.6 Å². The molecule has 0 bridgehead atoms. The number of nitrogens with zero attached hydrogens (tertiary/aromatic N) is 2. The highest BCUT2D eigenvalue weighted by atomic mass is 31.2. The summed E-state index contributed by atoms with van der Waals surface area (Å²) in [6, 6.07) is 66.4. The molecule has 2 aliphatic rings. The van der Waals surface area contributed by atoms with Crippen LogP contribution in [0.1, 0.15) is 0 Å². The number of benzene rings is 8. The Labute approximate surface area is 356 Å². The Hall–Kier alpha value is -5.40. The molecule has 0 radical (unpaired) electrons. The summed E-state index contributed by atoms with van der Waals surface area (Å²) in [7, 11) is -2.12. The van der Waals surface area contributed by atoms with Crippen molar-refractivity contribution >= 4 is 55.3 Å². The van der Waals surface area contributed by atoms with Crippen molar-refractivity contribution in [3.8, 4) is 67.5 Å².